The third-order valence-corrected chi connectivity index (χ3v) is 3.92. The molecule has 0 radical (unpaired) electrons. The number of hydrogen-bond donors (Lipinski definition) is 0. The van der Waals surface area contributed by atoms with E-state index in [9.17, 15) is 0 Å². The summed E-state index contributed by atoms with van der Waals surface area (Å²) in [5.74, 6) is 0.760. The largest absolute Gasteiger partial charge is 0.435 e. The Morgan fingerprint density at radius 2 is 1.45 bits per heavy atom. The lowest BCUT2D eigenvalue weighted by Crippen LogP contribution is -1.83. The maximum atomic E-state index is 5.87. The second-order valence-corrected chi connectivity index (χ2v) is 5.27. The molecule has 0 atom stereocenters. The molecule has 2 heterocycles. The summed E-state index contributed by atoms with van der Waals surface area (Å²) >= 11 is 3.58. The fourth-order valence-corrected chi connectivity index (χ4v) is 2.79. The number of para-hydroxylation sites is 2. The van der Waals surface area contributed by atoms with Crippen molar-refractivity contribution in [1.29, 1.82) is 0 Å². The number of hydrogen-bond acceptors (Lipinski definition) is 3. The highest BCUT2D eigenvalue weighted by Crippen LogP contribution is 2.36. The molecule has 0 aliphatic rings. The van der Waals surface area contributed by atoms with Crippen molar-refractivity contribution < 1.29 is 4.42 Å². The molecule has 0 saturated carbocycles. The van der Waals surface area contributed by atoms with E-state index < -0.39 is 0 Å². The molecule has 96 valence electrons. The van der Waals surface area contributed by atoms with Crippen molar-refractivity contribution in [3.63, 3.8) is 0 Å². The van der Waals surface area contributed by atoms with Crippen molar-refractivity contribution in [2.45, 2.75) is 0 Å². The summed E-state index contributed by atoms with van der Waals surface area (Å²) < 4.78 is 6.72. The highest BCUT2D eigenvalue weighted by atomic mass is 79.9. The van der Waals surface area contributed by atoms with Gasteiger partial charge in [0.05, 0.1) is 15.5 Å². The molecule has 0 aliphatic heterocycles. The maximum Gasteiger partial charge on any atom is 0.247 e. The van der Waals surface area contributed by atoms with Gasteiger partial charge in [-0.15, -0.1) is 0 Å². The van der Waals surface area contributed by atoms with E-state index >= 15 is 0 Å². The molecule has 0 N–H and O–H groups in total. The summed E-state index contributed by atoms with van der Waals surface area (Å²) in [6, 6.07) is 17.7. The van der Waals surface area contributed by atoms with Crippen LogP contribution in [0.1, 0.15) is 0 Å². The van der Waals surface area contributed by atoms with Crippen molar-refractivity contribution in [3.05, 3.63) is 59.1 Å². The molecule has 20 heavy (non-hydrogen) atoms. The molecule has 2 aromatic carbocycles. The molecule has 3 nitrogen and oxygen atoms in total. The lowest BCUT2D eigenvalue weighted by atomic mass is 10.2. The Hall–Kier alpha value is -2.20. The zero-order valence-electron chi connectivity index (χ0n) is 10.4. The van der Waals surface area contributed by atoms with Gasteiger partial charge in [0.15, 0.2) is 5.76 Å². The highest BCUT2D eigenvalue weighted by molar-refractivity contribution is 9.10. The van der Waals surface area contributed by atoms with Gasteiger partial charge in [0.25, 0.3) is 0 Å². The first-order valence-corrected chi connectivity index (χ1v) is 7.02. The van der Waals surface area contributed by atoms with Crippen LogP contribution in [-0.4, -0.2) is 9.97 Å². The van der Waals surface area contributed by atoms with Crippen LogP contribution in [0, 0.1) is 0 Å². The molecular formula is C16H9BrN2O. The van der Waals surface area contributed by atoms with E-state index in [1.165, 1.54) is 0 Å². The molecule has 0 amide bonds. The van der Waals surface area contributed by atoms with Crippen LogP contribution in [0.25, 0.3) is 33.6 Å². The fourth-order valence-electron chi connectivity index (χ4n) is 2.22. The van der Waals surface area contributed by atoms with Gasteiger partial charge < -0.3 is 4.42 Å². The lowest BCUT2D eigenvalue weighted by Gasteiger charge is -1.95. The van der Waals surface area contributed by atoms with Crippen LogP contribution in [0.5, 0.6) is 0 Å². The Kier molecular flexibility index (Phi) is 2.57. The summed E-state index contributed by atoms with van der Waals surface area (Å²) in [5, 5.41) is 0. The molecule has 4 aromatic rings. The molecule has 0 fully saturated rings. The van der Waals surface area contributed by atoms with Gasteiger partial charge in [-0.1, -0.05) is 42.5 Å². The van der Waals surface area contributed by atoms with Gasteiger partial charge >= 0.3 is 0 Å². The standard InChI is InChI=1S/C16H9BrN2O/c17-13-14-16(19-12-9-5-4-8-11(12)18-14)20-15(13)10-6-2-1-3-7-10/h1-9H. The van der Waals surface area contributed by atoms with E-state index in [0.717, 1.165) is 32.3 Å². The Bertz CT molecular complexity index is 916. The average Bonchev–Trinajstić information content (AvgIpc) is 2.83. The minimum atomic E-state index is 0.550. The Balaban J connectivity index is 2.05. The number of halogens is 1. The molecule has 0 unspecified atom stereocenters. The second-order valence-electron chi connectivity index (χ2n) is 4.48. The van der Waals surface area contributed by atoms with Crippen LogP contribution in [0.2, 0.25) is 0 Å². The van der Waals surface area contributed by atoms with Crippen LogP contribution >= 0.6 is 15.9 Å². The van der Waals surface area contributed by atoms with E-state index in [1.54, 1.807) is 0 Å². The third kappa shape index (κ3) is 1.72. The van der Waals surface area contributed by atoms with E-state index in [0.29, 0.717) is 5.71 Å². The fraction of sp³-hybridized carbons (Fsp3) is 0. The molecule has 0 bridgehead atoms. The van der Waals surface area contributed by atoms with Crippen LogP contribution < -0.4 is 0 Å². The zero-order chi connectivity index (χ0) is 13.5. The number of furan rings is 1. The van der Waals surface area contributed by atoms with Gasteiger partial charge in [-0.2, -0.15) is 0 Å². The summed E-state index contributed by atoms with van der Waals surface area (Å²) in [6.45, 7) is 0. The van der Waals surface area contributed by atoms with Crippen LogP contribution in [0.15, 0.2) is 63.5 Å². The van der Waals surface area contributed by atoms with Crippen molar-refractivity contribution in [2.75, 3.05) is 0 Å². The van der Waals surface area contributed by atoms with Crippen LogP contribution in [-0.2, 0) is 0 Å². The van der Waals surface area contributed by atoms with E-state index in [-0.39, 0.29) is 0 Å². The minimum Gasteiger partial charge on any atom is -0.435 e. The maximum absolute atomic E-state index is 5.87. The number of fused-ring (bicyclic) bond motifs is 2. The SMILES string of the molecule is Brc1c(-c2ccccc2)oc2nc3ccccc3nc12. The molecule has 0 spiro atoms. The first-order valence-electron chi connectivity index (χ1n) is 6.23. The van der Waals surface area contributed by atoms with E-state index in [2.05, 4.69) is 25.9 Å². The third-order valence-electron chi connectivity index (χ3n) is 3.18. The van der Waals surface area contributed by atoms with Gasteiger partial charge in [-0.05, 0) is 28.1 Å². The summed E-state index contributed by atoms with van der Waals surface area (Å²) in [6.07, 6.45) is 0. The first-order chi connectivity index (χ1) is 9.83. The Labute approximate surface area is 123 Å². The van der Waals surface area contributed by atoms with Gasteiger partial charge in [0, 0.05) is 5.56 Å². The van der Waals surface area contributed by atoms with Crippen LogP contribution in [0.4, 0.5) is 0 Å². The summed E-state index contributed by atoms with van der Waals surface area (Å²) in [5.41, 5.74) is 4.00. The zero-order valence-corrected chi connectivity index (χ0v) is 12.0. The smallest absolute Gasteiger partial charge is 0.247 e. The Morgan fingerprint density at radius 3 is 2.20 bits per heavy atom. The first kappa shape index (κ1) is 11.6. The predicted octanol–water partition coefficient (Wildman–Crippen LogP) is 4.81. The minimum absolute atomic E-state index is 0.550. The molecule has 0 aliphatic carbocycles. The average molecular weight is 325 g/mol. The summed E-state index contributed by atoms with van der Waals surface area (Å²) in [4.78, 5) is 9.15. The monoisotopic (exact) mass is 324 g/mol. The van der Waals surface area contributed by atoms with Gasteiger partial charge in [0.1, 0.15) is 5.52 Å². The molecular weight excluding hydrogens is 316 g/mol. The number of nitrogens with zero attached hydrogens (tertiary/aromatic N) is 2. The normalized spacial score (nSPS) is 11.2. The number of aromatic nitrogens is 2. The highest BCUT2D eigenvalue weighted by Gasteiger charge is 2.16. The van der Waals surface area contributed by atoms with Gasteiger partial charge in [-0.3, -0.25) is 0 Å². The summed E-state index contributed by atoms with van der Waals surface area (Å²) in [7, 11) is 0. The molecule has 4 heteroatoms. The van der Waals surface area contributed by atoms with Gasteiger partial charge in [-0.25, -0.2) is 9.97 Å². The predicted molar refractivity (Wildman–Crippen MR) is 82.4 cm³/mol. The van der Waals surface area contributed by atoms with Crippen LogP contribution in [0.3, 0.4) is 0 Å². The Morgan fingerprint density at radius 1 is 0.800 bits per heavy atom. The second kappa shape index (κ2) is 4.42. The van der Waals surface area contributed by atoms with E-state index in [1.807, 2.05) is 54.6 Å². The number of rotatable bonds is 1. The number of benzene rings is 2. The molecule has 0 saturated heterocycles. The van der Waals surface area contributed by atoms with Crippen molar-refractivity contribution in [3.8, 4) is 11.3 Å². The topological polar surface area (TPSA) is 38.9 Å². The van der Waals surface area contributed by atoms with Crippen molar-refractivity contribution in [1.82, 2.24) is 9.97 Å². The van der Waals surface area contributed by atoms with Crippen molar-refractivity contribution >= 4 is 38.2 Å². The quantitative estimate of drug-likeness (QED) is 0.504. The lowest BCUT2D eigenvalue weighted by molar-refractivity contribution is 0.618. The van der Waals surface area contributed by atoms with Gasteiger partial charge in [0.2, 0.25) is 5.71 Å². The molecule has 4 rings (SSSR count). The van der Waals surface area contributed by atoms with Crippen molar-refractivity contribution in [2.24, 2.45) is 0 Å². The van der Waals surface area contributed by atoms with E-state index in [4.69, 9.17) is 4.42 Å². The molecule has 2 aromatic heterocycles.